The molecular weight excluding hydrogens is 510 g/mol. The van der Waals surface area contributed by atoms with Gasteiger partial charge in [0, 0.05) is 51.9 Å². The number of amides is 1. The summed E-state index contributed by atoms with van der Waals surface area (Å²) in [6.45, 7) is 3.01. The molecule has 6 nitrogen and oxygen atoms in total. The molecule has 30 heavy (non-hydrogen) atoms. The number of hydrogen-bond donors (Lipinski definition) is 2. The third kappa shape index (κ3) is 9.07. The molecule has 0 saturated carbocycles. The number of nitrogens with one attached hydrogen (secondary N) is 2. The molecule has 0 radical (unpaired) electrons. The molecule has 1 aromatic carbocycles. The Morgan fingerprint density at radius 2 is 2.07 bits per heavy atom. The van der Waals surface area contributed by atoms with Crippen LogP contribution in [0.1, 0.15) is 29.3 Å². The first kappa shape index (κ1) is 26.5. The summed E-state index contributed by atoms with van der Waals surface area (Å²) in [6.07, 6.45) is -2.86. The van der Waals surface area contributed by atoms with E-state index in [1.165, 1.54) is 9.80 Å². The highest BCUT2D eigenvalue weighted by molar-refractivity contribution is 14.0. The average molecular weight is 541 g/mol. The van der Waals surface area contributed by atoms with Crippen molar-refractivity contribution in [1.29, 1.82) is 0 Å². The minimum absolute atomic E-state index is 0. The summed E-state index contributed by atoms with van der Waals surface area (Å²) < 4.78 is 37.6. The van der Waals surface area contributed by atoms with Crippen LogP contribution in [0, 0.1) is 0 Å². The van der Waals surface area contributed by atoms with Gasteiger partial charge in [0.05, 0.1) is 6.54 Å². The van der Waals surface area contributed by atoms with Gasteiger partial charge in [-0.25, -0.2) is 0 Å². The van der Waals surface area contributed by atoms with Gasteiger partial charge in [-0.1, -0.05) is 12.1 Å². The van der Waals surface area contributed by atoms with Crippen molar-refractivity contribution in [1.82, 2.24) is 20.4 Å². The molecule has 1 fully saturated rings. The summed E-state index contributed by atoms with van der Waals surface area (Å²) in [6, 6.07) is 7.40. The molecule has 0 aromatic heterocycles. The van der Waals surface area contributed by atoms with Crippen molar-refractivity contribution in [2.24, 2.45) is 4.99 Å². The summed E-state index contributed by atoms with van der Waals surface area (Å²) in [7, 11) is 3.43. The Kier molecular flexibility index (Phi) is 10.9. The average Bonchev–Trinajstić information content (AvgIpc) is 3.06. The Morgan fingerprint density at radius 3 is 2.70 bits per heavy atom. The molecule has 1 aromatic rings. The van der Waals surface area contributed by atoms with Gasteiger partial charge in [0.2, 0.25) is 0 Å². The van der Waals surface area contributed by atoms with Gasteiger partial charge in [0.15, 0.2) is 5.96 Å². The lowest BCUT2D eigenvalue weighted by Crippen LogP contribution is -2.45. The third-order valence-corrected chi connectivity index (χ3v) is 4.61. The number of carbonyl (C=O) groups excluding carboxylic acids is 1. The number of guanidine groups is 1. The smallest absolute Gasteiger partial charge is 0.357 e. The first-order chi connectivity index (χ1) is 13.7. The highest BCUT2D eigenvalue weighted by Crippen LogP contribution is 2.19. The van der Waals surface area contributed by atoms with E-state index >= 15 is 0 Å². The highest BCUT2D eigenvalue weighted by Gasteiger charge is 2.34. The molecule has 1 aliphatic heterocycles. The fraction of sp³-hybridized carbons (Fsp3) is 0.600. The number of aliphatic imine (C=N–C) groups is 1. The van der Waals surface area contributed by atoms with Gasteiger partial charge in [-0.15, -0.1) is 24.0 Å². The van der Waals surface area contributed by atoms with Crippen molar-refractivity contribution in [3.63, 3.8) is 0 Å². The van der Waals surface area contributed by atoms with Crippen LogP contribution in [0.15, 0.2) is 29.3 Å². The van der Waals surface area contributed by atoms with E-state index in [-0.39, 0.29) is 35.9 Å². The number of likely N-dealkylation sites (tertiary alicyclic amines) is 1. The summed E-state index contributed by atoms with van der Waals surface area (Å²) in [5.74, 6) is 0.557. The van der Waals surface area contributed by atoms with Crippen LogP contribution in [0.4, 0.5) is 13.2 Å². The lowest BCUT2D eigenvalue weighted by Gasteiger charge is -2.19. The number of halogens is 4. The minimum Gasteiger partial charge on any atom is -0.357 e. The lowest BCUT2D eigenvalue weighted by atomic mass is 10.1. The van der Waals surface area contributed by atoms with Gasteiger partial charge < -0.3 is 15.5 Å². The Labute approximate surface area is 193 Å². The molecule has 10 heteroatoms. The lowest BCUT2D eigenvalue weighted by molar-refractivity contribution is -0.143. The molecular formula is C20H31F3IN5O. The summed E-state index contributed by atoms with van der Waals surface area (Å²) in [5, 5.41) is 6.37. The van der Waals surface area contributed by atoms with Gasteiger partial charge in [-0.05, 0) is 37.5 Å². The van der Waals surface area contributed by atoms with E-state index in [1.807, 2.05) is 25.1 Å². The standard InChI is InChI=1S/C20H30F3N5O.HI/c1-4-24-19(26-17-9-11-28(13-17)14-20(21,22)23)25-10-8-15-6-5-7-16(12-15)18(29)27(2)3;/h5-7,12,17H,4,8-11,13-14H2,1-3H3,(H2,24,25,26);1H. The fourth-order valence-electron chi connectivity index (χ4n) is 3.28. The van der Waals surface area contributed by atoms with Gasteiger partial charge >= 0.3 is 6.18 Å². The number of carbonyl (C=O) groups is 1. The van der Waals surface area contributed by atoms with Gasteiger partial charge in [-0.3, -0.25) is 14.7 Å². The zero-order valence-corrected chi connectivity index (χ0v) is 20.0. The third-order valence-electron chi connectivity index (χ3n) is 4.61. The second-order valence-electron chi connectivity index (χ2n) is 7.39. The maximum absolute atomic E-state index is 12.5. The van der Waals surface area contributed by atoms with Crippen molar-refractivity contribution in [2.75, 3.05) is 46.8 Å². The second-order valence-corrected chi connectivity index (χ2v) is 7.39. The van der Waals surface area contributed by atoms with Crippen LogP contribution in [0.5, 0.6) is 0 Å². The summed E-state index contributed by atoms with van der Waals surface area (Å²) in [5.41, 5.74) is 1.65. The largest absolute Gasteiger partial charge is 0.401 e. The number of nitrogens with zero attached hydrogens (tertiary/aromatic N) is 3. The molecule has 0 aliphatic carbocycles. The van der Waals surface area contributed by atoms with Gasteiger partial charge in [0.25, 0.3) is 5.91 Å². The summed E-state index contributed by atoms with van der Waals surface area (Å²) in [4.78, 5) is 19.6. The Morgan fingerprint density at radius 1 is 1.33 bits per heavy atom. The number of alkyl halides is 3. The molecule has 0 spiro atoms. The maximum Gasteiger partial charge on any atom is 0.401 e. The highest BCUT2D eigenvalue weighted by atomic mass is 127. The van der Waals surface area contributed by atoms with Crippen molar-refractivity contribution < 1.29 is 18.0 Å². The molecule has 1 unspecified atom stereocenters. The topological polar surface area (TPSA) is 60.0 Å². The van der Waals surface area contributed by atoms with Crippen LogP contribution in [-0.2, 0) is 6.42 Å². The molecule has 0 bridgehead atoms. The predicted molar refractivity (Wildman–Crippen MR) is 124 cm³/mol. The Balaban J connectivity index is 0.00000450. The molecule has 1 aliphatic rings. The number of hydrogen-bond acceptors (Lipinski definition) is 3. The van der Waals surface area contributed by atoms with Gasteiger partial charge in [-0.2, -0.15) is 13.2 Å². The van der Waals surface area contributed by atoms with Crippen molar-refractivity contribution in [3.05, 3.63) is 35.4 Å². The van der Waals surface area contributed by atoms with Crippen LogP contribution in [-0.4, -0.2) is 80.7 Å². The summed E-state index contributed by atoms with van der Waals surface area (Å²) >= 11 is 0. The Bertz CT molecular complexity index is 712. The predicted octanol–water partition coefficient (Wildman–Crippen LogP) is 2.74. The zero-order chi connectivity index (χ0) is 21.4. The van der Waals surface area contributed by atoms with Crippen LogP contribution in [0.25, 0.3) is 0 Å². The van der Waals surface area contributed by atoms with Crippen molar-refractivity contribution in [3.8, 4) is 0 Å². The Hall–Kier alpha value is -1.56. The van der Waals surface area contributed by atoms with E-state index in [0.717, 1.165) is 5.56 Å². The molecule has 2 N–H and O–H groups in total. The van der Waals surface area contributed by atoms with E-state index in [4.69, 9.17) is 0 Å². The maximum atomic E-state index is 12.5. The molecule has 1 amide bonds. The fourth-order valence-corrected chi connectivity index (χ4v) is 3.28. The van der Waals surface area contributed by atoms with Crippen molar-refractivity contribution >= 4 is 35.8 Å². The second kappa shape index (κ2) is 12.3. The van der Waals surface area contributed by atoms with Gasteiger partial charge in [0.1, 0.15) is 0 Å². The zero-order valence-electron chi connectivity index (χ0n) is 17.6. The number of rotatable bonds is 7. The van der Waals surface area contributed by atoms with Crippen LogP contribution < -0.4 is 10.6 Å². The van der Waals surface area contributed by atoms with Crippen LogP contribution in [0.3, 0.4) is 0 Å². The van der Waals surface area contributed by atoms with E-state index in [0.29, 0.717) is 50.5 Å². The van der Waals surface area contributed by atoms with Crippen molar-refractivity contribution in [2.45, 2.75) is 32.0 Å². The molecule has 1 saturated heterocycles. The van der Waals surface area contributed by atoms with E-state index in [1.54, 1.807) is 20.2 Å². The molecule has 1 heterocycles. The van der Waals surface area contributed by atoms with E-state index in [9.17, 15) is 18.0 Å². The minimum atomic E-state index is -4.17. The first-order valence-corrected chi connectivity index (χ1v) is 9.82. The SMILES string of the molecule is CCNC(=NCCc1cccc(C(=O)N(C)C)c1)NC1CCN(CC(F)(F)F)C1.I. The van der Waals surface area contributed by atoms with E-state index < -0.39 is 12.7 Å². The molecule has 2 rings (SSSR count). The van der Waals surface area contributed by atoms with Crippen LogP contribution in [0.2, 0.25) is 0 Å². The van der Waals surface area contributed by atoms with Crippen LogP contribution >= 0.6 is 24.0 Å². The number of benzene rings is 1. The molecule has 170 valence electrons. The first-order valence-electron chi connectivity index (χ1n) is 9.82. The quantitative estimate of drug-likeness (QED) is 0.317. The normalized spacial score (nSPS) is 17.4. The van der Waals surface area contributed by atoms with E-state index in [2.05, 4.69) is 15.6 Å². The monoisotopic (exact) mass is 541 g/mol. The molecule has 1 atom stereocenters.